The van der Waals surface area contributed by atoms with Crippen LogP contribution in [0.15, 0.2) is 52.3 Å². The van der Waals surface area contributed by atoms with Crippen LogP contribution in [-0.4, -0.2) is 30.8 Å². The lowest BCUT2D eigenvalue weighted by molar-refractivity contribution is -0.0360. The molecule has 1 saturated carbocycles. The largest absolute Gasteiger partial charge is 0.363 e. The van der Waals surface area contributed by atoms with Crippen LogP contribution in [0.25, 0.3) is 0 Å². The van der Waals surface area contributed by atoms with Crippen molar-refractivity contribution in [2.75, 3.05) is 19.8 Å². The first kappa shape index (κ1) is 28.9. The lowest BCUT2D eigenvalue weighted by atomic mass is 9.98. The number of hydrogen-bond acceptors (Lipinski definition) is 3. The Morgan fingerprint density at radius 2 is 1.35 bits per heavy atom. The molecule has 0 spiro atoms. The van der Waals surface area contributed by atoms with E-state index in [0.29, 0.717) is 6.10 Å². The van der Waals surface area contributed by atoms with E-state index in [9.17, 15) is 0 Å². The zero-order valence-electron chi connectivity index (χ0n) is 22.6. The maximum absolute atomic E-state index is 6.00. The molecular formula is C31H49NOS. The molecule has 2 aliphatic rings. The molecule has 1 heterocycles. The quantitative estimate of drug-likeness (QED) is 0.420. The smallest absolute Gasteiger partial charge is 0.0994 e. The number of likely N-dealkylation sites (tertiary alicyclic amines) is 1. The molecule has 190 valence electrons. The molecule has 2 fully saturated rings. The Morgan fingerprint density at radius 1 is 0.765 bits per heavy atom. The third-order valence-electron chi connectivity index (χ3n) is 6.39. The molecule has 0 unspecified atom stereocenters. The fourth-order valence-electron chi connectivity index (χ4n) is 4.41. The molecule has 0 N–H and O–H groups in total. The van der Waals surface area contributed by atoms with Crippen molar-refractivity contribution in [1.82, 2.24) is 4.90 Å². The monoisotopic (exact) mass is 483 g/mol. The van der Waals surface area contributed by atoms with E-state index in [0.717, 1.165) is 6.73 Å². The molecule has 2 nitrogen and oxygen atoms in total. The summed E-state index contributed by atoms with van der Waals surface area (Å²) in [5, 5.41) is 0. The number of benzene rings is 2. The third-order valence-corrected chi connectivity index (χ3v) is 7.74. The van der Waals surface area contributed by atoms with Crippen LogP contribution in [0.2, 0.25) is 0 Å². The summed E-state index contributed by atoms with van der Waals surface area (Å²) in [7, 11) is 0. The predicted molar refractivity (Wildman–Crippen MR) is 150 cm³/mol. The van der Waals surface area contributed by atoms with Gasteiger partial charge in [0, 0.05) is 22.9 Å². The summed E-state index contributed by atoms with van der Waals surface area (Å²) < 4.78 is 6.00. The van der Waals surface area contributed by atoms with E-state index in [2.05, 4.69) is 82.0 Å². The Balaban J connectivity index is 0.000000216. The zero-order chi connectivity index (χ0) is 24.6. The minimum absolute atomic E-state index is 0.571. The van der Waals surface area contributed by atoms with E-state index < -0.39 is 0 Å². The highest BCUT2D eigenvalue weighted by Crippen LogP contribution is 2.32. The number of rotatable bonds is 5. The first-order valence-corrected chi connectivity index (χ1v) is 14.5. The van der Waals surface area contributed by atoms with Gasteiger partial charge in [0.15, 0.2) is 0 Å². The van der Waals surface area contributed by atoms with E-state index >= 15 is 0 Å². The minimum Gasteiger partial charge on any atom is -0.363 e. The van der Waals surface area contributed by atoms with Gasteiger partial charge in [-0.2, -0.15) is 0 Å². The summed E-state index contributed by atoms with van der Waals surface area (Å²) in [4.78, 5) is 5.19. The molecular weight excluding hydrogens is 434 g/mol. The van der Waals surface area contributed by atoms with Crippen LogP contribution >= 0.6 is 11.8 Å². The Kier molecular flexibility index (Phi) is 14.6. The van der Waals surface area contributed by atoms with E-state index in [1.807, 2.05) is 11.8 Å². The fraction of sp³-hybridized carbons (Fsp3) is 0.613. The highest BCUT2D eigenvalue weighted by atomic mass is 32.2. The molecule has 0 amide bonds. The molecule has 0 atom stereocenters. The van der Waals surface area contributed by atoms with Gasteiger partial charge in [0.1, 0.15) is 0 Å². The van der Waals surface area contributed by atoms with Gasteiger partial charge < -0.3 is 4.74 Å². The van der Waals surface area contributed by atoms with Crippen LogP contribution in [0.1, 0.15) is 94.7 Å². The van der Waals surface area contributed by atoms with Gasteiger partial charge in [-0.1, -0.05) is 100 Å². The van der Waals surface area contributed by atoms with Crippen LogP contribution in [0.4, 0.5) is 0 Å². The summed E-state index contributed by atoms with van der Waals surface area (Å²) in [6.45, 7) is 14.1. The van der Waals surface area contributed by atoms with Crippen LogP contribution in [-0.2, 0) is 4.74 Å². The van der Waals surface area contributed by atoms with Crippen molar-refractivity contribution in [3.8, 4) is 0 Å². The van der Waals surface area contributed by atoms with E-state index in [1.165, 1.54) is 104 Å². The average molecular weight is 484 g/mol. The van der Waals surface area contributed by atoms with Gasteiger partial charge in [-0.15, -0.1) is 0 Å². The summed E-state index contributed by atoms with van der Waals surface area (Å²) in [6, 6.07) is 15.1. The van der Waals surface area contributed by atoms with Crippen molar-refractivity contribution in [1.29, 1.82) is 0 Å². The Labute approximate surface area is 214 Å². The van der Waals surface area contributed by atoms with Gasteiger partial charge in [0.25, 0.3) is 0 Å². The van der Waals surface area contributed by atoms with Crippen LogP contribution in [0, 0.1) is 20.8 Å². The lowest BCUT2D eigenvalue weighted by Gasteiger charge is -2.26. The summed E-state index contributed by atoms with van der Waals surface area (Å²) in [5.74, 6) is 0. The minimum atomic E-state index is 0.571. The predicted octanol–water partition coefficient (Wildman–Crippen LogP) is 9.35. The highest BCUT2D eigenvalue weighted by molar-refractivity contribution is 7.99. The summed E-state index contributed by atoms with van der Waals surface area (Å²) in [5.41, 5.74) is 4.02. The fourth-order valence-corrected chi connectivity index (χ4v) is 5.38. The van der Waals surface area contributed by atoms with Crippen molar-refractivity contribution < 1.29 is 4.74 Å². The second-order valence-corrected chi connectivity index (χ2v) is 11.0. The molecule has 2 aromatic rings. The molecule has 0 bridgehead atoms. The molecule has 0 radical (unpaired) electrons. The van der Waals surface area contributed by atoms with Crippen LogP contribution < -0.4 is 0 Å². The number of ether oxygens (including phenoxy) is 1. The van der Waals surface area contributed by atoms with E-state index in [-0.39, 0.29) is 0 Å². The number of aryl methyl sites for hydroxylation is 3. The topological polar surface area (TPSA) is 12.5 Å². The maximum atomic E-state index is 6.00. The van der Waals surface area contributed by atoms with Gasteiger partial charge in [-0.3, -0.25) is 4.90 Å². The normalized spacial score (nSPS) is 17.1. The number of hydrogen-bond donors (Lipinski definition) is 0. The van der Waals surface area contributed by atoms with Crippen LogP contribution in [0.3, 0.4) is 0 Å². The molecule has 0 aromatic heterocycles. The zero-order valence-corrected chi connectivity index (χ0v) is 23.4. The van der Waals surface area contributed by atoms with Gasteiger partial charge in [0.05, 0.1) is 12.8 Å². The van der Waals surface area contributed by atoms with Crippen molar-refractivity contribution >= 4 is 11.8 Å². The molecule has 1 aliphatic carbocycles. The molecule has 2 aromatic carbocycles. The third kappa shape index (κ3) is 11.4. The number of nitrogens with zero attached hydrogens (tertiary/aromatic N) is 1. The van der Waals surface area contributed by atoms with Crippen LogP contribution in [0.5, 0.6) is 0 Å². The second kappa shape index (κ2) is 17.2. The highest BCUT2D eigenvalue weighted by Gasteiger charge is 2.16. The van der Waals surface area contributed by atoms with Crippen molar-refractivity contribution in [2.45, 2.75) is 115 Å². The summed E-state index contributed by atoms with van der Waals surface area (Å²) in [6.07, 6.45) is 14.2. The molecule has 34 heavy (non-hydrogen) atoms. The molecule has 1 saturated heterocycles. The van der Waals surface area contributed by atoms with Crippen molar-refractivity contribution in [3.63, 3.8) is 0 Å². The van der Waals surface area contributed by atoms with Crippen molar-refractivity contribution in [3.05, 3.63) is 59.2 Å². The van der Waals surface area contributed by atoms with E-state index in [4.69, 9.17) is 4.74 Å². The summed E-state index contributed by atoms with van der Waals surface area (Å²) >= 11 is 1.85. The standard InChI is InChI=1S/C15H16S.C13H25NO.C3H8/c1-11-8-9-15(13(3)10-11)16-14-7-5-4-6-12(14)2;1-2-7-11-14(10-6-1)12-15-13-8-4-3-5-9-13;1-3-2/h4-10H,1-3H3;13H,1-12H2;3H2,1-2H3. The van der Waals surface area contributed by atoms with Gasteiger partial charge in [-0.25, -0.2) is 0 Å². The van der Waals surface area contributed by atoms with Crippen molar-refractivity contribution in [2.24, 2.45) is 0 Å². The maximum Gasteiger partial charge on any atom is 0.0994 e. The molecule has 1 aliphatic heterocycles. The first-order valence-electron chi connectivity index (χ1n) is 13.7. The van der Waals surface area contributed by atoms with Gasteiger partial charge in [-0.05, 0) is 69.7 Å². The molecule has 3 heteroatoms. The SMILES string of the molecule is C1CCC(OCN2CCCCCC2)CC1.CCC.Cc1ccc(Sc2ccccc2C)c(C)c1. The van der Waals surface area contributed by atoms with Gasteiger partial charge >= 0.3 is 0 Å². The second-order valence-electron chi connectivity index (χ2n) is 9.93. The Bertz CT molecular complexity index is 792. The Morgan fingerprint density at radius 3 is 1.97 bits per heavy atom. The Hall–Kier alpha value is -1.29. The lowest BCUT2D eigenvalue weighted by Crippen LogP contribution is -2.30. The molecule has 4 rings (SSSR count). The van der Waals surface area contributed by atoms with Gasteiger partial charge in [0.2, 0.25) is 0 Å². The average Bonchev–Trinajstić information content (AvgIpc) is 3.11. The van der Waals surface area contributed by atoms with E-state index in [1.54, 1.807) is 0 Å². The first-order chi connectivity index (χ1) is 16.5.